The molecule has 0 spiro atoms. The van der Waals surface area contributed by atoms with Crippen molar-refractivity contribution < 1.29 is 28.9 Å². The summed E-state index contributed by atoms with van der Waals surface area (Å²) in [5.74, 6) is -6.04. The van der Waals surface area contributed by atoms with Crippen LogP contribution < -0.4 is 0 Å². The van der Waals surface area contributed by atoms with E-state index in [9.17, 15) is 18.7 Å². The quantitative estimate of drug-likeness (QED) is 0.503. The molecule has 0 unspecified atom stereocenters. The van der Waals surface area contributed by atoms with Gasteiger partial charge in [-0.3, -0.25) is 4.79 Å². The second-order valence-electron chi connectivity index (χ2n) is 3.27. The lowest BCUT2D eigenvalue weighted by atomic mass is 9.99. The lowest BCUT2D eigenvalue weighted by molar-refractivity contribution is -0.141. The van der Waals surface area contributed by atoms with Gasteiger partial charge in [0.15, 0.2) is 0 Å². The summed E-state index contributed by atoms with van der Waals surface area (Å²) in [7, 11) is 0. The van der Waals surface area contributed by atoms with Crippen LogP contribution in [0.25, 0.3) is 0 Å². The number of rotatable bonds is 2. The molecule has 1 rings (SSSR count). The van der Waals surface area contributed by atoms with E-state index in [0.717, 1.165) is 0 Å². The molecule has 4 atom stereocenters. The monoisotopic (exact) mass is 322 g/mol. The van der Waals surface area contributed by atoms with E-state index in [0.29, 0.717) is 0 Å². The van der Waals surface area contributed by atoms with E-state index in [2.05, 4.69) is 0 Å². The molecule has 0 radical (unpaired) electrons. The molecule has 0 bridgehead atoms. The summed E-state index contributed by atoms with van der Waals surface area (Å²) >= 11 is 1.32. The first-order valence-electron chi connectivity index (χ1n) is 3.88. The fourth-order valence-corrected chi connectivity index (χ4v) is 2.42. The molecule has 0 aromatic heterocycles. The van der Waals surface area contributed by atoms with Crippen LogP contribution in [0.2, 0.25) is 0 Å². The first-order chi connectivity index (χ1) is 6.28. The summed E-state index contributed by atoms with van der Waals surface area (Å²) in [6.07, 6.45) is -4.23. The van der Waals surface area contributed by atoms with Crippen molar-refractivity contribution in [2.75, 3.05) is 0 Å². The zero-order valence-corrected chi connectivity index (χ0v) is 9.06. The molecule has 0 aliphatic heterocycles. The van der Waals surface area contributed by atoms with Gasteiger partial charge in [-0.15, -0.1) is 0 Å². The average molecular weight is 322 g/mol. The Bertz CT molecular complexity index is 248. The number of carbonyl (C=O) groups is 1. The highest BCUT2D eigenvalue weighted by atomic mass is 127. The van der Waals surface area contributed by atoms with Crippen molar-refractivity contribution in [1.82, 2.24) is 0 Å². The molecule has 0 amide bonds. The van der Waals surface area contributed by atoms with Crippen LogP contribution in [0.3, 0.4) is 0 Å². The summed E-state index contributed by atoms with van der Waals surface area (Å²) in [4.78, 5) is 10.3. The summed E-state index contributed by atoms with van der Waals surface area (Å²) in [5, 5.41) is 26.8. The Morgan fingerprint density at radius 3 is 2.21 bits per heavy atom. The molecule has 7 heteroatoms. The molecule has 4 nitrogen and oxygen atoms in total. The van der Waals surface area contributed by atoms with E-state index in [1.54, 1.807) is 0 Å². The van der Waals surface area contributed by atoms with Gasteiger partial charge in [-0.2, -0.15) is 0 Å². The number of carboxylic acids is 1. The first-order valence-corrected chi connectivity index (χ1v) is 5.13. The molecule has 0 aromatic rings. The fourth-order valence-electron chi connectivity index (χ4n) is 1.51. The highest BCUT2D eigenvalue weighted by molar-refractivity contribution is 14.1. The van der Waals surface area contributed by atoms with Gasteiger partial charge >= 0.3 is 5.97 Å². The van der Waals surface area contributed by atoms with Crippen LogP contribution in [0.5, 0.6) is 0 Å². The molecule has 1 aliphatic rings. The van der Waals surface area contributed by atoms with Crippen LogP contribution in [-0.4, -0.2) is 43.3 Å². The second kappa shape index (κ2) is 3.86. The van der Waals surface area contributed by atoms with Crippen LogP contribution in [0.1, 0.15) is 6.42 Å². The lowest BCUT2D eigenvalue weighted by Crippen LogP contribution is -2.36. The number of aliphatic carboxylic acids is 1. The van der Waals surface area contributed by atoms with E-state index in [-0.39, 0.29) is 0 Å². The maximum absolute atomic E-state index is 13.1. The molecule has 1 aliphatic carbocycles. The first kappa shape index (κ1) is 12.1. The van der Waals surface area contributed by atoms with Gasteiger partial charge in [-0.25, -0.2) is 8.78 Å². The average Bonchev–Trinajstić information content (AvgIpc) is 2.20. The number of hydrogen-bond acceptors (Lipinski definition) is 3. The molecular weight excluding hydrogens is 313 g/mol. The SMILES string of the molecule is O=C(O)C[C@@H]1[C@H](O)[C@@H](I)C(F)(F)[C@@H]1O. The van der Waals surface area contributed by atoms with Gasteiger partial charge in [-0.05, 0) is 0 Å². The number of aliphatic hydroxyl groups is 2. The maximum Gasteiger partial charge on any atom is 0.303 e. The van der Waals surface area contributed by atoms with E-state index >= 15 is 0 Å². The largest absolute Gasteiger partial charge is 0.481 e. The van der Waals surface area contributed by atoms with Gasteiger partial charge < -0.3 is 15.3 Å². The molecule has 1 saturated carbocycles. The van der Waals surface area contributed by atoms with Crippen LogP contribution in [0, 0.1) is 5.92 Å². The molecule has 0 saturated heterocycles. The van der Waals surface area contributed by atoms with Crippen molar-refractivity contribution in [1.29, 1.82) is 0 Å². The van der Waals surface area contributed by atoms with Gasteiger partial charge in [0.1, 0.15) is 10.0 Å². The standard InChI is InChI=1S/C7H9F2IO4/c8-7(9)5(10)4(13)2(6(7)14)1-3(11)12/h2,4-6,13-14H,1H2,(H,11,12)/t2-,4+,5-,6-/m1/s1. The third-order valence-electron chi connectivity index (χ3n) is 2.32. The van der Waals surface area contributed by atoms with E-state index < -0.39 is 40.4 Å². The van der Waals surface area contributed by atoms with Crippen molar-refractivity contribution in [3.63, 3.8) is 0 Å². The Morgan fingerprint density at radius 2 is 1.93 bits per heavy atom. The predicted molar refractivity (Wildman–Crippen MR) is 50.5 cm³/mol. The Morgan fingerprint density at radius 1 is 1.43 bits per heavy atom. The highest BCUT2D eigenvalue weighted by Crippen LogP contribution is 2.45. The minimum absolute atomic E-state index is 0.655. The lowest BCUT2D eigenvalue weighted by Gasteiger charge is -2.18. The van der Waals surface area contributed by atoms with Crippen molar-refractivity contribution >= 4 is 28.6 Å². The molecular formula is C7H9F2IO4. The molecule has 3 N–H and O–H groups in total. The zero-order chi connectivity index (χ0) is 11.1. The predicted octanol–water partition coefficient (Wildman–Crippen LogP) is 0.252. The topological polar surface area (TPSA) is 77.8 Å². The maximum atomic E-state index is 13.1. The minimum Gasteiger partial charge on any atom is -0.481 e. The number of halogens is 3. The summed E-state index contributed by atoms with van der Waals surface area (Å²) < 4.78 is 24.7. The van der Waals surface area contributed by atoms with Gasteiger partial charge in [0.2, 0.25) is 0 Å². The molecule has 0 aromatic carbocycles. The summed E-state index contributed by atoms with van der Waals surface area (Å²) in [5.41, 5.74) is 0. The number of hydrogen-bond donors (Lipinski definition) is 3. The van der Waals surface area contributed by atoms with Crippen molar-refractivity contribution in [2.45, 2.75) is 28.5 Å². The number of alkyl halides is 3. The van der Waals surface area contributed by atoms with Gasteiger partial charge in [-0.1, -0.05) is 22.6 Å². The Balaban J connectivity index is 2.84. The molecule has 82 valence electrons. The highest BCUT2D eigenvalue weighted by Gasteiger charge is 2.61. The Hall–Kier alpha value is -0.0200. The molecule has 0 heterocycles. The zero-order valence-electron chi connectivity index (χ0n) is 6.90. The molecule has 14 heavy (non-hydrogen) atoms. The van der Waals surface area contributed by atoms with Crippen LogP contribution in [0.4, 0.5) is 8.78 Å². The third kappa shape index (κ3) is 1.84. The van der Waals surface area contributed by atoms with Gasteiger partial charge in [0, 0.05) is 5.92 Å². The smallest absolute Gasteiger partial charge is 0.303 e. The number of aliphatic hydroxyl groups excluding tert-OH is 2. The minimum atomic E-state index is -3.43. The Kier molecular flexibility index (Phi) is 3.32. The van der Waals surface area contributed by atoms with E-state index in [1.165, 1.54) is 22.6 Å². The van der Waals surface area contributed by atoms with Gasteiger partial charge in [0.25, 0.3) is 5.92 Å². The fraction of sp³-hybridized carbons (Fsp3) is 0.857. The second-order valence-corrected chi connectivity index (χ2v) is 4.62. The summed E-state index contributed by atoms with van der Waals surface area (Å²) in [6, 6.07) is 0. The van der Waals surface area contributed by atoms with Crippen molar-refractivity contribution in [2.24, 2.45) is 5.92 Å². The van der Waals surface area contributed by atoms with Crippen LogP contribution >= 0.6 is 22.6 Å². The summed E-state index contributed by atoms with van der Waals surface area (Å²) in [6.45, 7) is 0. The van der Waals surface area contributed by atoms with Gasteiger partial charge in [0.05, 0.1) is 12.5 Å². The van der Waals surface area contributed by atoms with E-state index in [4.69, 9.17) is 10.2 Å². The molecule has 1 fully saturated rings. The van der Waals surface area contributed by atoms with E-state index in [1.807, 2.05) is 0 Å². The number of carboxylic acid groups (broad SMARTS) is 1. The van der Waals surface area contributed by atoms with Crippen LogP contribution in [0.15, 0.2) is 0 Å². The third-order valence-corrected chi connectivity index (χ3v) is 3.88. The normalized spacial score (nSPS) is 41.2. The Labute approximate surface area is 92.1 Å². The van der Waals surface area contributed by atoms with Crippen LogP contribution in [-0.2, 0) is 4.79 Å². The van der Waals surface area contributed by atoms with Crippen molar-refractivity contribution in [3.05, 3.63) is 0 Å². The van der Waals surface area contributed by atoms with Crippen molar-refractivity contribution in [3.8, 4) is 0 Å².